The maximum Gasteiger partial charge on any atom is 0.404 e. The zero-order valence-electron chi connectivity index (χ0n) is 17.9. The number of terminal acetylenes is 1. The third-order valence-corrected chi connectivity index (χ3v) is 6.01. The van der Waals surface area contributed by atoms with Gasteiger partial charge in [0.25, 0.3) is 5.92 Å². The molecule has 0 saturated heterocycles. The van der Waals surface area contributed by atoms with Crippen molar-refractivity contribution in [1.82, 2.24) is 15.3 Å². The third kappa shape index (κ3) is 5.70. The molecule has 1 unspecified atom stereocenters. The van der Waals surface area contributed by atoms with Crippen molar-refractivity contribution in [2.24, 2.45) is 5.73 Å². The van der Waals surface area contributed by atoms with Gasteiger partial charge in [0.05, 0.1) is 11.6 Å². The van der Waals surface area contributed by atoms with Crippen LogP contribution in [0.1, 0.15) is 34.6 Å². The Hall–Kier alpha value is -4.11. The predicted molar refractivity (Wildman–Crippen MR) is 122 cm³/mol. The Kier molecular flexibility index (Phi) is 6.61. The molecule has 0 radical (unpaired) electrons. The Labute approximate surface area is 201 Å². The highest BCUT2D eigenvalue weighted by atomic mass is 32.1. The third-order valence-electron chi connectivity index (χ3n) is 5.24. The molecule has 4 N–H and O–H groups in total. The van der Waals surface area contributed by atoms with Crippen molar-refractivity contribution in [2.75, 3.05) is 11.9 Å². The Morgan fingerprint density at radius 3 is 2.71 bits per heavy atom. The number of primary amides is 1. The molecule has 8 nitrogen and oxygen atoms in total. The van der Waals surface area contributed by atoms with E-state index in [1.807, 2.05) is 0 Å². The molecule has 12 heteroatoms. The molecule has 180 valence electrons. The highest BCUT2D eigenvalue weighted by Crippen LogP contribution is 2.57. The quantitative estimate of drug-likeness (QED) is 0.415. The number of nitrogens with zero attached hydrogens (tertiary/aromatic N) is 2. The molecule has 0 bridgehead atoms. The SMILES string of the molecule is C#Cc1nc(NC(=O)N[C@@H](COC(N)=O)c2ccc(-c3ccc(F)cc3C3CC3(F)F)cn2)cs1. The van der Waals surface area contributed by atoms with E-state index < -0.39 is 35.8 Å². The molecule has 2 heterocycles. The van der Waals surface area contributed by atoms with Crippen LogP contribution in [0.3, 0.4) is 0 Å². The number of hydrogen-bond acceptors (Lipinski definition) is 6. The van der Waals surface area contributed by atoms with Gasteiger partial charge in [-0.2, -0.15) is 0 Å². The number of carbonyl (C=O) groups excluding carboxylic acids is 2. The molecule has 0 spiro atoms. The number of carbonyl (C=O) groups is 2. The Bertz CT molecular complexity index is 1310. The number of anilines is 1. The average Bonchev–Trinajstić information content (AvgIpc) is 3.22. The van der Waals surface area contributed by atoms with Crippen LogP contribution in [0.4, 0.5) is 28.6 Å². The summed E-state index contributed by atoms with van der Waals surface area (Å²) in [7, 11) is 0. The largest absolute Gasteiger partial charge is 0.447 e. The first-order chi connectivity index (χ1) is 16.7. The summed E-state index contributed by atoms with van der Waals surface area (Å²) in [5.74, 6) is -1.95. The van der Waals surface area contributed by atoms with Crippen LogP contribution in [0.5, 0.6) is 0 Å². The molecular formula is C23H18F3N5O3S. The summed E-state index contributed by atoms with van der Waals surface area (Å²) in [6, 6.07) is 5.27. The second-order valence-corrected chi connectivity index (χ2v) is 8.54. The predicted octanol–water partition coefficient (Wildman–Crippen LogP) is 4.41. The fourth-order valence-corrected chi connectivity index (χ4v) is 4.03. The average molecular weight is 501 g/mol. The van der Waals surface area contributed by atoms with Crippen molar-refractivity contribution in [1.29, 1.82) is 0 Å². The summed E-state index contributed by atoms with van der Waals surface area (Å²) < 4.78 is 45.9. The summed E-state index contributed by atoms with van der Waals surface area (Å²) in [5, 5.41) is 7.05. The smallest absolute Gasteiger partial charge is 0.404 e. The summed E-state index contributed by atoms with van der Waals surface area (Å²) in [6.45, 7) is -0.322. The first-order valence-corrected chi connectivity index (χ1v) is 11.1. The number of hydrogen-bond donors (Lipinski definition) is 3. The van der Waals surface area contributed by atoms with Crippen LogP contribution in [-0.2, 0) is 4.74 Å². The lowest BCUT2D eigenvalue weighted by Crippen LogP contribution is -2.36. The van der Waals surface area contributed by atoms with Gasteiger partial charge in [-0.3, -0.25) is 10.3 Å². The van der Waals surface area contributed by atoms with Gasteiger partial charge >= 0.3 is 12.1 Å². The van der Waals surface area contributed by atoms with Crippen molar-refractivity contribution in [3.63, 3.8) is 0 Å². The number of halogens is 3. The number of rotatable bonds is 7. The number of ether oxygens (including phenoxy) is 1. The molecule has 1 aliphatic rings. The fourth-order valence-electron chi connectivity index (χ4n) is 3.48. The molecule has 0 aliphatic heterocycles. The number of thiazole rings is 1. The van der Waals surface area contributed by atoms with E-state index in [-0.39, 0.29) is 24.4 Å². The van der Waals surface area contributed by atoms with E-state index in [9.17, 15) is 22.8 Å². The Balaban J connectivity index is 1.54. The first kappa shape index (κ1) is 24.0. The van der Waals surface area contributed by atoms with E-state index in [4.69, 9.17) is 16.9 Å². The lowest BCUT2D eigenvalue weighted by atomic mass is 9.97. The van der Waals surface area contributed by atoms with Gasteiger partial charge in [0.15, 0.2) is 5.01 Å². The Morgan fingerprint density at radius 1 is 1.34 bits per heavy atom. The minimum Gasteiger partial charge on any atom is -0.447 e. The van der Waals surface area contributed by atoms with Gasteiger partial charge in [0, 0.05) is 23.6 Å². The van der Waals surface area contributed by atoms with E-state index in [0.29, 0.717) is 21.8 Å². The zero-order valence-corrected chi connectivity index (χ0v) is 18.7. The van der Waals surface area contributed by atoms with Gasteiger partial charge in [0.1, 0.15) is 24.3 Å². The fraction of sp³-hybridized carbons (Fsp3) is 0.217. The van der Waals surface area contributed by atoms with Gasteiger partial charge in [0.2, 0.25) is 0 Å². The van der Waals surface area contributed by atoms with E-state index in [0.717, 1.165) is 6.07 Å². The minimum atomic E-state index is -2.87. The van der Waals surface area contributed by atoms with Crippen LogP contribution >= 0.6 is 11.3 Å². The number of amides is 3. The molecule has 3 amide bonds. The number of urea groups is 1. The van der Waals surface area contributed by atoms with E-state index in [2.05, 4.69) is 26.5 Å². The molecule has 1 saturated carbocycles. The van der Waals surface area contributed by atoms with Crippen molar-refractivity contribution in [3.05, 3.63) is 64.0 Å². The second-order valence-electron chi connectivity index (χ2n) is 7.68. The van der Waals surface area contributed by atoms with Gasteiger partial charge < -0.3 is 15.8 Å². The van der Waals surface area contributed by atoms with Crippen molar-refractivity contribution >= 4 is 29.3 Å². The molecule has 35 heavy (non-hydrogen) atoms. The highest BCUT2D eigenvalue weighted by Gasteiger charge is 2.58. The van der Waals surface area contributed by atoms with E-state index >= 15 is 0 Å². The molecule has 1 fully saturated rings. The van der Waals surface area contributed by atoms with Crippen LogP contribution in [0.15, 0.2) is 41.9 Å². The standard InChI is InChI=1S/C23H18F3N5O3S/c1-2-20-30-19(11-35-20)31-22(33)29-18(10-34-21(27)32)17-6-3-12(9-28-17)14-5-4-13(24)7-15(14)16-8-23(16,25)26/h1,3-7,9,11,16,18H,8,10H2,(H2,27,32)(H2,29,31,33)/t16?,18-/m0/s1. The minimum absolute atomic E-state index is 0.199. The normalized spacial score (nSPS) is 16.6. The number of alkyl halides is 2. The highest BCUT2D eigenvalue weighted by molar-refractivity contribution is 7.10. The molecule has 1 aromatic carbocycles. The van der Waals surface area contributed by atoms with Gasteiger partial charge in [-0.05, 0) is 35.2 Å². The van der Waals surface area contributed by atoms with Crippen molar-refractivity contribution < 1.29 is 27.5 Å². The molecule has 2 atom stereocenters. The van der Waals surface area contributed by atoms with Crippen LogP contribution in [0, 0.1) is 18.2 Å². The number of pyridine rings is 1. The second kappa shape index (κ2) is 9.63. The summed E-state index contributed by atoms with van der Waals surface area (Å²) in [4.78, 5) is 31.9. The lowest BCUT2D eigenvalue weighted by molar-refractivity contribution is 0.112. The van der Waals surface area contributed by atoms with Gasteiger partial charge in [-0.25, -0.2) is 27.7 Å². The summed E-state index contributed by atoms with van der Waals surface area (Å²) in [5.41, 5.74) is 6.45. The van der Waals surface area contributed by atoms with Crippen LogP contribution in [0.2, 0.25) is 0 Å². The summed E-state index contributed by atoms with van der Waals surface area (Å²) >= 11 is 1.17. The molecule has 1 aliphatic carbocycles. The van der Waals surface area contributed by atoms with Gasteiger partial charge in [-0.1, -0.05) is 12.1 Å². The number of nitrogens with one attached hydrogen (secondary N) is 2. The topological polar surface area (TPSA) is 119 Å². The molecule has 4 rings (SSSR count). The lowest BCUT2D eigenvalue weighted by Gasteiger charge is -2.18. The van der Waals surface area contributed by atoms with E-state index in [1.54, 1.807) is 11.4 Å². The Morgan fingerprint density at radius 2 is 2.11 bits per heavy atom. The number of nitrogens with two attached hydrogens (primary N) is 1. The molecular weight excluding hydrogens is 483 g/mol. The van der Waals surface area contributed by atoms with Gasteiger partial charge in [-0.15, -0.1) is 17.8 Å². The van der Waals surface area contributed by atoms with Crippen LogP contribution in [0.25, 0.3) is 11.1 Å². The summed E-state index contributed by atoms with van der Waals surface area (Å²) in [6.07, 6.45) is 5.28. The maximum absolute atomic E-state index is 13.8. The molecule has 2 aromatic heterocycles. The number of aromatic nitrogens is 2. The van der Waals surface area contributed by atoms with E-state index in [1.165, 1.54) is 35.7 Å². The zero-order chi connectivity index (χ0) is 25.2. The molecule has 3 aromatic rings. The van der Waals surface area contributed by atoms with Crippen LogP contribution < -0.4 is 16.4 Å². The maximum atomic E-state index is 13.8. The number of benzene rings is 1. The monoisotopic (exact) mass is 501 g/mol. The van der Waals surface area contributed by atoms with Crippen molar-refractivity contribution in [2.45, 2.75) is 24.3 Å². The first-order valence-electron chi connectivity index (χ1n) is 10.2. The van der Waals surface area contributed by atoms with Crippen LogP contribution in [-0.4, -0.2) is 34.6 Å². The van der Waals surface area contributed by atoms with Crippen molar-refractivity contribution in [3.8, 4) is 23.5 Å².